The van der Waals surface area contributed by atoms with Gasteiger partial charge in [0.1, 0.15) is 10.8 Å². The summed E-state index contributed by atoms with van der Waals surface area (Å²) in [7, 11) is 1.62. The first-order valence-electron chi connectivity index (χ1n) is 7.92. The van der Waals surface area contributed by atoms with E-state index in [1.807, 2.05) is 41.8 Å². The molecule has 0 saturated heterocycles. The molecule has 0 fully saturated rings. The predicted molar refractivity (Wildman–Crippen MR) is 104 cm³/mol. The molecule has 1 aromatic carbocycles. The minimum Gasteiger partial charge on any atom is -0.497 e. The number of nitrogens with one attached hydrogen (secondary N) is 1. The largest absolute Gasteiger partial charge is 0.497 e. The normalized spacial score (nSPS) is 10.9. The number of thioether (sulfide) groups is 1. The van der Waals surface area contributed by atoms with Gasteiger partial charge in [0.05, 0.1) is 12.9 Å². The number of fused-ring (bicyclic) bond motifs is 1. The molecule has 4 aromatic rings. The number of methoxy groups -OCH3 is 1. The highest BCUT2D eigenvalue weighted by Gasteiger charge is 2.12. The van der Waals surface area contributed by atoms with Gasteiger partial charge >= 0.3 is 0 Å². The van der Waals surface area contributed by atoms with Crippen molar-refractivity contribution in [3.05, 3.63) is 48.0 Å². The molecule has 0 bridgehead atoms. The van der Waals surface area contributed by atoms with E-state index < -0.39 is 0 Å². The molecule has 27 heavy (non-hydrogen) atoms. The number of benzene rings is 1. The summed E-state index contributed by atoms with van der Waals surface area (Å²) in [6.07, 6.45) is 1.65. The number of carbonyl (C=O) groups excluding carboxylic acids is 1. The van der Waals surface area contributed by atoms with Crippen molar-refractivity contribution in [2.24, 2.45) is 0 Å². The molecule has 136 valence electrons. The van der Waals surface area contributed by atoms with Crippen LogP contribution in [0.15, 0.2) is 53.0 Å². The lowest BCUT2D eigenvalue weighted by molar-refractivity contribution is -0.113. The molecule has 0 saturated carbocycles. The maximum Gasteiger partial charge on any atom is 0.236 e. The Labute approximate surface area is 162 Å². The zero-order valence-corrected chi connectivity index (χ0v) is 15.8. The molecule has 8 nitrogen and oxygen atoms in total. The van der Waals surface area contributed by atoms with Gasteiger partial charge in [0, 0.05) is 17.1 Å². The second-order valence-electron chi connectivity index (χ2n) is 5.37. The molecule has 4 rings (SSSR count). The zero-order chi connectivity index (χ0) is 18.6. The maximum atomic E-state index is 12.0. The fourth-order valence-corrected chi connectivity index (χ4v) is 3.55. The van der Waals surface area contributed by atoms with Crippen LogP contribution in [0.3, 0.4) is 0 Å². The monoisotopic (exact) mass is 398 g/mol. The molecule has 10 heteroatoms. The minimum absolute atomic E-state index is 0.129. The van der Waals surface area contributed by atoms with E-state index in [2.05, 4.69) is 25.6 Å². The van der Waals surface area contributed by atoms with E-state index in [9.17, 15) is 4.79 Å². The van der Waals surface area contributed by atoms with E-state index in [0.717, 1.165) is 11.3 Å². The van der Waals surface area contributed by atoms with Crippen molar-refractivity contribution in [2.75, 3.05) is 18.2 Å². The third-order valence-electron chi connectivity index (χ3n) is 3.62. The van der Waals surface area contributed by atoms with Crippen molar-refractivity contribution in [2.45, 2.75) is 5.03 Å². The van der Waals surface area contributed by atoms with Gasteiger partial charge in [0.2, 0.25) is 5.91 Å². The van der Waals surface area contributed by atoms with Crippen LogP contribution in [0.25, 0.3) is 17.0 Å². The standard InChI is InChI=1S/C17H14N6O2S2/c1-25-12-4-2-11(3-5-12)16-21-20-13-6-7-15(22-23(13)16)27-10-14(24)19-17-18-8-9-26-17/h2-9H,10H2,1H3,(H,18,19,24). The van der Waals surface area contributed by atoms with E-state index >= 15 is 0 Å². The second-order valence-corrected chi connectivity index (χ2v) is 7.26. The summed E-state index contributed by atoms with van der Waals surface area (Å²) in [6, 6.07) is 11.2. The van der Waals surface area contributed by atoms with Crippen LogP contribution in [0.2, 0.25) is 0 Å². The number of amides is 1. The van der Waals surface area contributed by atoms with Crippen LogP contribution in [0.5, 0.6) is 5.75 Å². The number of rotatable bonds is 6. The van der Waals surface area contributed by atoms with Gasteiger partial charge in [-0.15, -0.1) is 21.5 Å². The quantitative estimate of drug-likeness (QED) is 0.499. The van der Waals surface area contributed by atoms with Gasteiger partial charge in [-0.2, -0.15) is 9.61 Å². The molecule has 1 N–H and O–H groups in total. The van der Waals surface area contributed by atoms with Crippen LogP contribution in [-0.2, 0) is 4.79 Å². The van der Waals surface area contributed by atoms with E-state index in [-0.39, 0.29) is 11.7 Å². The molecule has 0 atom stereocenters. The van der Waals surface area contributed by atoms with Gasteiger partial charge in [-0.1, -0.05) is 11.8 Å². The molecule has 0 aliphatic rings. The van der Waals surface area contributed by atoms with Crippen molar-refractivity contribution < 1.29 is 9.53 Å². The summed E-state index contributed by atoms with van der Waals surface area (Å²) in [6.45, 7) is 0. The number of carbonyl (C=O) groups is 1. The van der Waals surface area contributed by atoms with Crippen LogP contribution in [0.1, 0.15) is 0 Å². The Balaban J connectivity index is 1.51. The summed E-state index contributed by atoms with van der Waals surface area (Å²) >= 11 is 2.72. The van der Waals surface area contributed by atoms with Gasteiger partial charge in [0.15, 0.2) is 16.6 Å². The van der Waals surface area contributed by atoms with Gasteiger partial charge in [0.25, 0.3) is 0 Å². The number of hydrogen-bond acceptors (Lipinski definition) is 8. The Morgan fingerprint density at radius 3 is 2.81 bits per heavy atom. The van der Waals surface area contributed by atoms with Crippen molar-refractivity contribution in [1.82, 2.24) is 24.8 Å². The molecule has 0 unspecified atom stereocenters. The average Bonchev–Trinajstić information content (AvgIpc) is 3.36. The van der Waals surface area contributed by atoms with E-state index in [0.29, 0.717) is 21.6 Å². The molecule has 3 heterocycles. The van der Waals surface area contributed by atoms with E-state index in [1.165, 1.54) is 23.1 Å². The SMILES string of the molecule is COc1ccc(-c2nnc3ccc(SCC(=O)Nc4nccs4)nn23)cc1. The van der Waals surface area contributed by atoms with Gasteiger partial charge in [-0.05, 0) is 36.4 Å². The van der Waals surface area contributed by atoms with Crippen LogP contribution in [0, 0.1) is 0 Å². The summed E-state index contributed by atoms with van der Waals surface area (Å²) in [4.78, 5) is 16.0. The number of hydrogen-bond donors (Lipinski definition) is 1. The zero-order valence-electron chi connectivity index (χ0n) is 14.2. The van der Waals surface area contributed by atoms with Crippen molar-refractivity contribution in [1.29, 1.82) is 0 Å². The molecule has 3 aromatic heterocycles. The van der Waals surface area contributed by atoms with Gasteiger partial charge < -0.3 is 10.1 Å². The molecule has 0 radical (unpaired) electrons. The van der Waals surface area contributed by atoms with Gasteiger partial charge in [-0.25, -0.2) is 4.98 Å². The van der Waals surface area contributed by atoms with Crippen molar-refractivity contribution >= 4 is 39.8 Å². The summed E-state index contributed by atoms with van der Waals surface area (Å²) in [5, 5.41) is 18.8. The number of aromatic nitrogens is 5. The fraction of sp³-hybridized carbons (Fsp3) is 0.118. The molecule has 0 aliphatic heterocycles. The number of thiazole rings is 1. The Kier molecular flexibility index (Phi) is 4.99. The maximum absolute atomic E-state index is 12.0. The highest BCUT2D eigenvalue weighted by molar-refractivity contribution is 7.99. The Hall–Kier alpha value is -2.98. The highest BCUT2D eigenvalue weighted by Crippen LogP contribution is 2.23. The molecule has 1 amide bonds. The van der Waals surface area contributed by atoms with Crippen molar-refractivity contribution in [3.8, 4) is 17.1 Å². The predicted octanol–water partition coefficient (Wildman–Crippen LogP) is 2.99. The van der Waals surface area contributed by atoms with Gasteiger partial charge in [-0.3, -0.25) is 4.79 Å². The Morgan fingerprint density at radius 1 is 1.22 bits per heavy atom. The number of nitrogens with zero attached hydrogens (tertiary/aromatic N) is 5. The third kappa shape index (κ3) is 3.91. The molecule has 0 aliphatic carbocycles. The minimum atomic E-state index is -0.129. The van der Waals surface area contributed by atoms with Crippen molar-refractivity contribution in [3.63, 3.8) is 0 Å². The smallest absolute Gasteiger partial charge is 0.236 e. The second kappa shape index (κ2) is 7.72. The average molecular weight is 398 g/mol. The van der Waals surface area contributed by atoms with Crippen LogP contribution < -0.4 is 10.1 Å². The van der Waals surface area contributed by atoms with Crippen LogP contribution in [-0.4, -0.2) is 43.6 Å². The summed E-state index contributed by atoms with van der Waals surface area (Å²) in [5.74, 6) is 1.50. The lowest BCUT2D eigenvalue weighted by atomic mass is 10.2. The molecular formula is C17H14N6O2S2. The summed E-state index contributed by atoms with van der Waals surface area (Å²) < 4.78 is 6.85. The first kappa shape index (κ1) is 17.4. The third-order valence-corrected chi connectivity index (χ3v) is 5.22. The topological polar surface area (TPSA) is 94.3 Å². The number of anilines is 1. The first-order valence-corrected chi connectivity index (χ1v) is 9.78. The Bertz CT molecular complexity index is 1060. The lowest BCUT2D eigenvalue weighted by Gasteiger charge is -2.04. The fourth-order valence-electron chi connectivity index (χ4n) is 2.35. The van der Waals surface area contributed by atoms with E-state index in [4.69, 9.17) is 4.74 Å². The lowest BCUT2D eigenvalue weighted by Crippen LogP contribution is -2.14. The highest BCUT2D eigenvalue weighted by atomic mass is 32.2. The summed E-state index contributed by atoms with van der Waals surface area (Å²) in [5.41, 5.74) is 1.51. The Morgan fingerprint density at radius 2 is 2.07 bits per heavy atom. The molecular weight excluding hydrogens is 384 g/mol. The number of ether oxygens (including phenoxy) is 1. The van der Waals surface area contributed by atoms with Crippen LogP contribution in [0.4, 0.5) is 5.13 Å². The molecule has 0 spiro atoms. The first-order chi connectivity index (χ1) is 13.2. The van der Waals surface area contributed by atoms with E-state index in [1.54, 1.807) is 17.8 Å². The van der Waals surface area contributed by atoms with Crippen LogP contribution >= 0.6 is 23.1 Å².